The van der Waals surface area contributed by atoms with E-state index < -0.39 is 0 Å². The number of aromatic nitrogens is 3. The number of nitrogens with two attached hydrogens (primary N) is 1. The number of benzene rings is 1. The van der Waals surface area contributed by atoms with Crippen LogP contribution in [0.1, 0.15) is 27.5 Å². The Bertz CT molecular complexity index is 1050. The normalized spacial score (nSPS) is 18.6. The Labute approximate surface area is 174 Å². The highest BCUT2D eigenvalue weighted by molar-refractivity contribution is 6.05. The topological polar surface area (TPSA) is 97.0 Å². The van der Waals surface area contributed by atoms with Gasteiger partial charge >= 0.3 is 0 Å². The number of rotatable bonds is 2. The summed E-state index contributed by atoms with van der Waals surface area (Å²) in [5.74, 6) is -0.0845. The van der Waals surface area contributed by atoms with Crippen molar-refractivity contribution in [1.29, 1.82) is 0 Å². The standard InChI is InChI=1S/C19H21N5O2.2ClH/c1-11-8-13(16-17(21-11)23(2)22-18(16)25)19(26)24-9-14(15(20)10-24)12-6-4-3-5-7-12;;/h3-8,14-15H,9-10,20H2,1-2H3,(H,22,25);2*1H/t14-,15+;;/m0../s1. The number of nitrogens with one attached hydrogen (secondary N) is 1. The van der Waals surface area contributed by atoms with E-state index in [9.17, 15) is 9.59 Å². The van der Waals surface area contributed by atoms with Crippen molar-refractivity contribution in [3.63, 3.8) is 0 Å². The van der Waals surface area contributed by atoms with Crippen LogP contribution in [0.4, 0.5) is 0 Å². The van der Waals surface area contributed by atoms with E-state index in [0.717, 1.165) is 5.56 Å². The van der Waals surface area contributed by atoms with E-state index in [-0.39, 0.29) is 48.2 Å². The Morgan fingerprint density at radius 3 is 2.57 bits per heavy atom. The van der Waals surface area contributed by atoms with Gasteiger partial charge in [0, 0.05) is 37.8 Å². The second-order valence-corrected chi connectivity index (χ2v) is 6.90. The smallest absolute Gasteiger partial charge is 0.274 e. The Morgan fingerprint density at radius 1 is 1.21 bits per heavy atom. The Balaban J connectivity index is 0.00000140. The van der Waals surface area contributed by atoms with Crippen molar-refractivity contribution in [2.24, 2.45) is 12.8 Å². The van der Waals surface area contributed by atoms with Crippen LogP contribution in [0.3, 0.4) is 0 Å². The first-order valence-corrected chi connectivity index (χ1v) is 8.62. The van der Waals surface area contributed by atoms with E-state index >= 15 is 0 Å². The summed E-state index contributed by atoms with van der Waals surface area (Å²) < 4.78 is 1.55. The molecule has 28 heavy (non-hydrogen) atoms. The molecule has 4 rings (SSSR count). The van der Waals surface area contributed by atoms with Gasteiger partial charge < -0.3 is 10.6 Å². The summed E-state index contributed by atoms with van der Waals surface area (Å²) in [4.78, 5) is 31.6. The summed E-state index contributed by atoms with van der Waals surface area (Å²) in [6.45, 7) is 2.82. The van der Waals surface area contributed by atoms with E-state index in [1.54, 1.807) is 22.7 Å². The number of fused-ring (bicyclic) bond motifs is 1. The van der Waals surface area contributed by atoms with Crippen LogP contribution in [-0.4, -0.2) is 44.7 Å². The lowest BCUT2D eigenvalue weighted by molar-refractivity contribution is 0.0791. The van der Waals surface area contributed by atoms with Gasteiger partial charge in [0.15, 0.2) is 5.65 Å². The molecule has 0 unspecified atom stereocenters. The number of amides is 1. The molecule has 3 aromatic rings. The minimum absolute atomic E-state index is 0. The van der Waals surface area contributed by atoms with Crippen molar-refractivity contribution in [2.75, 3.05) is 13.1 Å². The van der Waals surface area contributed by atoms with Gasteiger partial charge in [0.05, 0.1) is 10.9 Å². The van der Waals surface area contributed by atoms with Crippen molar-refractivity contribution in [3.8, 4) is 0 Å². The zero-order valence-electron chi connectivity index (χ0n) is 15.6. The van der Waals surface area contributed by atoms with Crippen LogP contribution in [0.15, 0.2) is 41.2 Å². The minimum atomic E-state index is -0.304. The number of carbonyl (C=O) groups excluding carboxylic acids is 1. The van der Waals surface area contributed by atoms with Crippen LogP contribution in [0.5, 0.6) is 0 Å². The second-order valence-electron chi connectivity index (χ2n) is 6.90. The van der Waals surface area contributed by atoms with Gasteiger partial charge in [0.2, 0.25) is 0 Å². The predicted octanol–water partition coefficient (Wildman–Crippen LogP) is 1.98. The zero-order valence-corrected chi connectivity index (χ0v) is 17.2. The molecule has 1 amide bonds. The Kier molecular flexibility index (Phi) is 6.54. The summed E-state index contributed by atoms with van der Waals surface area (Å²) in [7, 11) is 1.71. The van der Waals surface area contributed by atoms with Gasteiger partial charge in [-0.3, -0.25) is 19.4 Å². The average molecular weight is 424 g/mol. The molecule has 1 fully saturated rings. The maximum absolute atomic E-state index is 13.2. The number of H-pyrrole nitrogens is 1. The molecule has 3 heterocycles. The molecule has 9 heteroatoms. The summed E-state index contributed by atoms with van der Waals surface area (Å²) in [5.41, 5.74) is 8.71. The fourth-order valence-electron chi connectivity index (χ4n) is 3.77. The maximum Gasteiger partial charge on any atom is 0.274 e. The van der Waals surface area contributed by atoms with Crippen LogP contribution in [0, 0.1) is 6.92 Å². The molecule has 1 aromatic carbocycles. The van der Waals surface area contributed by atoms with Crippen molar-refractivity contribution >= 4 is 41.8 Å². The third-order valence-corrected chi connectivity index (χ3v) is 5.05. The highest BCUT2D eigenvalue weighted by atomic mass is 35.5. The number of hydrogen-bond donors (Lipinski definition) is 2. The summed E-state index contributed by atoms with van der Waals surface area (Å²) in [6, 6.07) is 11.5. The van der Waals surface area contributed by atoms with Gasteiger partial charge in [0.1, 0.15) is 0 Å². The molecule has 0 bridgehead atoms. The third kappa shape index (κ3) is 3.65. The third-order valence-electron chi connectivity index (χ3n) is 5.05. The van der Waals surface area contributed by atoms with Gasteiger partial charge in [-0.2, -0.15) is 0 Å². The molecule has 0 saturated carbocycles. The van der Waals surface area contributed by atoms with Gasteiger partial charge in [0.25, 0.3) is 11.5 Å². The van der Waals surface area contributed by atoms with E-state index in [0.29, 0.717) is 35.4 Å². The van der Waals surface area contributed by atoms with Crippen molar-refractivity contribution in [2.45, 2.75) is 18.9 Å². The zero-order chi connectivity index (χ0) is 18.4. The first-order chi connectivity index (χ1) is 12.5. The van der Waals surface area contributed by atoms with Crippen molar-refractivity contribution in [3.05, 3.63) is 63.6 Å². The quantitative estimate of drug-likeness (QED) is 0.658. The number of pyridine rings is 1. The van der Waals surface area contributed by atoms with Gasteiger partial charge in [-0.05, 0) is 18.6 Å². The van der Waals surface area contributed by atoms with Crippen molar-refractivity contribution in [1.82, 2.24) is 19.7 Å². The molecular weight excluding hydrogens is 401 g/mol. The largest absolute Gasteiger partial charge is 0.336 e. The Hall–Kier alpha value is -2.35. The van der Waals surface area contributed by atoms with Gasteiger partial charge in [-0.15, -0.1) is 24.8 Å². The monoisotopic (exact) mass is 423 g/mol. The fourth-order valence-corrected chi connectivity index (χ4v) is 3.77. The van der Waals surface area contributed by atoms with E-state index in [4.69, 9.17) is 5.73 Å². The van der Waals surface area contributed by atoms with Crippen LogP contribution >= 0.6 is 24.8 Å². The minimum Gasteiger partial charge on any atom is -0.336 e. The highest BCUT2D eigenvalue weighted by Crippen LogP contribution is 2.28. The molecule has 0 radical (unpaired) electrons. The lowest BCUT2D eigenvalue weighted by atomic mass is 9.95. The molecule has 2 aromatic heterocycles. The molecule has 150 valence electrons. The molecule has 7 nitrogen and oxygen atoms in total. The van der Waals surface area contributed by atoms with Gasteiger partial charge in [-0.25, -0.2) is 4.98 Å². The maximum atomic E-state index is 13.2. The number of halogens is 2. The van der Waals surface area contributed by atoms with E-state index in [1.165, 1.54) is 0 Å². The fraction of sp³-hybridized carbons (Fsp3) is 0.316. The number of aromatic amines is 1. The lowest BCUT2D eigenvalue weighted by Crippen LogP contribution is -2.32. The molecule has 2 atom stereocenters. The summed E-state index contributed by atoms with van der Waals surface area (Å²) >= 11 is 0. The molecular formula is C19H23Cl2N5O2. The first-order valence-electron chi connectivity index (χ1n) is 8.62. The summed E-state index contributed by atoms with van der Waals surface area (Å²) in [5, 5.41) is 3.01. The van der Waals surface area contributed by atoms with Crippen LogP contribution < -0.4 is 11.3 Å². The lowest BCUT2D eigenvalue weighted by Gasteiger charge is -2.17. The molecule has 1 aliphatic rings. The molecule has 1 aliphatic heterocycles. The van der Waals surface area contributed by atoms with E-state index in [1.807, 2.05) is 37.3 Å². The van der Waals surface area contributed by atoms with E-state index in [2.05, 4.69) is 10.1 Å². The SMILES string of the molecule is Cc1cc(C(=O)N2C[C@@H](N)[C@H](c3ccccc3)C2)c2c(=O)[nH]n(C)c2n1.Cl.Cl. The first kappa shape index (κ1) is 21.9. The van der Waals surface area contributed by atoms with Gasteiger partial charge in [-0.1, -0.05) is 30.3 Å². The highest BCUT2D eigenvalue weighted by Gasteiger charge is 2.35. The Morgan fingerprint density at radius 2 is 1.89 bits per heavy atom. The van der Waals surface area contributed by atoms with Crippen LogP contribution in [0.2, 0.25) is 0 Å². The number of carbonyl (C=O) groups is 1. The van der Waals surface area contributed by atoms with Crippen LogP contribution in [0.25, 0.3) is 11.0 Å². The average Bonchev–Trinajstić information content (AvgIpc) is 3.14. The second kappa shape index (κ2) is 8.34. The number of aryl methyl sites for hydroxylation is 2. The molecule has 0 aliphatic carbocycles. The predicted molar refractivity (Wildman–Crippen MR) is 114 cm³/mol. The number of nitrogens with zero attached hydrogens (tertiary/aromatic N) is 3. The van der Waals surface area contributed by atoms with Crippen LogP contribution in [-0.2, 0) is 7.05 Å². The molecule has 3 N–H and O–H groups in total. The number of likely N-dealkylation sites (tertiary alicyclic amines) is 1. The molecule has 0 spiro atoms. The van der Waals surface area contributed by atoms with Crippen molar-refractivity contribution < 1.29 is 4.79 Å². The summed E-state index contributed by atoms with van der Waals surface area (Å²) in [6.07, 6.45) is 0. The number of hydrogen-bond acceptors (Lipinski definition) is 4. The molecule has 1 saturated heterocycles.